The molecule has 1 aliphatic heterocycles. The number of pyridine rings is 1. The minimum atomic E-state index is -0.192. The third-order valence-electron chi connectivity index (χ3n) is 3.24. The largest absolute Gasteiger partial charge is 0.323 e. The second-order valence-corrected chi connectivity index (χ2v) is 6.02. The minimum Gasteiger partial charge on any atom is -0.323 e. The average molecular weight is 370 g/mol. The molecule has 0 spiro atoms. The Labute approximate surface area is 147 Å². The fraction of sp³-hybridized carbons (Fsp3) is 0.133. The topological polar surface area (TPSA) is 57.6 Å². The molecule has 2 heterocycles. The van der Waals surface area contributed by atoms with E-state index in [4.69, 9.17) is 34.8 Å². The van der Waals surface area contributed by atoms with E-state index >= 15 is 0 Å². The summed E-state index contributed by atoms with van der Waals surface area (Å²) in [6.45, 7) is 0.968. The molecular formula is C15H11Cl3N4O. The molecule has 0 aliphatic carbocycles. The SMILES string of the molecule is O=C(c1cccnc1)N1CCN=C1Nc1c(Cl)cc(Cl)cc1Cl. The maximum absolute atomic E-state index is 12.5. The van der Waals surface area contributed by atoms with E-state index in [1.807, 2.05) is 0 Å². The fourth-order valence-corrected chi connectivity index (χ4v) is 3.08. The van der Waals surface area contributed by atoms with Gasteiger partial charge in [0.2, 0.25) is 5.96 Å². The van der Waals surface area contributed by atoms with E-state index in [1.165, 1.54) is 11.1 Å². The van der Waals surface area contributed by atoms with Gasteiger partial charge in [-0.25, -0.2) is 0 Å². The van der Waals surface area contributed by atoms with Gasteiger partial charge in [0.05, 0.1) is 27.8 Å². The maximum Gasteiger partial charge on any atom is 0.262 e. The van der Waals surface area contributed by atoms with E-state index in [9.17, 15) is 4.79 Å². The normalized spacial score (nSPS) is 13.9. The number of anilines is 1. The molecule has 1 aromatic carbocycles. The predicted octanol–water partition coefficient (Wildman–Crippen LogP) is 3.97. The molecule has 3 rings (SSSR count). The first-order valence-electron chi connectivity index (χ1n) is 6.74. The Kier molecular flexibility index (Phi) is 4.71. The number of nitrogens with zero attached hydrogens (tertiary/aromatic N) is 3. The number of guanidine groups is 1. The summed E-state index contributed by atoms with van der Waals surface area (Å²) in [7, 11) is 0. The Morgan fingerprint density at radius 3 is 2.61 bits per heavy atom. The van der Waals surface area contributed by atoms with Crippen LogP contribution in [0.1, 0.15) is 10.4 Å². The van der Waals surface area contributed by atoms with Crippen molar-refractivity contribution in [3.8, 4) is 0 Å². The second kappa shape index (κ2) is 6.74. The van der Waals surface area contributed by atoms with Crippen molar-refractivity contribution in [2.24, 2.45) is 4.99 Å². The van der Waals surface area contributed by atoms with E-state index in [0.29, 0.717) is 45.4 Å². The van der Waals surface area contributed by atoms with Gasteiger partial charge in [-0.05, 0) is 24.3 Å². The molecule has 8 heteroatoms. The summed E-state index contributed by atoms with van der Waals surface area (Å²) in [5.74, 6) is 0.202. The average Bonchev–Trinajstić information content (AvgIpc) is 2.99. The van der Waals surface area contributed by atoms with Crippen LogP contribution in [0.3, 0.4) is 0 Å². The van der Waals surface area contributed by atoms with Gasteiger partial charge in [0.25, 0.3) is 5.91 Å². The highest BCUT2D eigenvalue weighted by atomic mass is 35.5. The smallest absolute Gasteiger partial charge is 0.262 e. The van der Waals surface area contributed by atoms with Gasteiger partial charge in [0.15, 0.2) is 0 Å². The van der Waals surface area contributed by atoms with Crippen LogP contribution in [0.5, 0.6) is 0 Å². The Morgan fingerprint density at radius 1 is 1.22 bits per heavy atom. The Morgan fingerprint density at radius 2 is 1.96 bits per heavy atom. The van der Waals surface area contributed by atoms with E-state index in [-0.39, 0.29) is 5.91 Å². The summed E-state index contributed by atoms with van der Waals surface area (Å²) >= 11 is 18.2. The minimum absolute atomic E-state index is 0.192. The molecule has 1 N–H and O–H groups in total. The highest BCUT2D eigenvalue weighted by molar-refractivity contribution is 6.42. The van der Waals surface area contributed by atoms with E-state index < -0.39 is 0 Å². The van der Waals surface area contributed by atoms with Gasteiger partial charge in [0, 0.05) is 24.0 Å². The summed E-state index contributed by atoms with van der Waals surface area (Å²) < 4.78 is 0. The molecule has 0 saturated heterocycles. The van der Waals surface area contributed by atoms with Crippen molar-refractivity contribution in [3.05, 3.63) is 57.3 Å². The van der Waals surface area contributed by atoms with Gasteiger partial charge in [-0.15, -0.1) is 0 Å². The maximum atomic E-state index is 12.5. The van der Waals surface area contributed by atoms with Crippen LogP contribution in [0.15, 0.2) is 41.7 Å². The number of rotatable bonds is 2. The molecule has 0 radical (unpaired) electrons. The zero-order chi connectivity index (χ0) is 16.4. The van der Waals surface area contributed by atoms with Crippen LogP contribution in [0.2, 0.25) is 15.1 Å². The number of hydrogen-bond acceptors (Lipinski definition) is 4. The monoisotopic (exact) mass is 368 g/mol. The number of nitrogens with one attached hydrogen (secondary N) is 1. The first-order chi connectivity index (χ1) is 11.1. The molecule has 0 saturated carbocycles. The number of amides is 1. The quantitative estimate of drug-likeness (QED) is 0.871. The molecule has 0 atom stereocenters. The van der Waals surface area contributed by atoms with Gasteiger partial charge < -0.3 is 5.32 Å². The molecule has 0 bridgehead atoms. The zero-order valence-electron chi connectivity index (χ0n) is 11.8. The van der Waals surface area contributed by atoms with E-state index in [2.05, 4.69) is 15.3 Å². The first kappa shape index (κ1) is 16.1. The fourth-order valence-electron chi connectivity index (χ4n) is 2.17. The van der Waals surface area contributed by atoms with Crippen molar-refractivity contribution in [1.82, 2.24) is 9.88 Å². The van der Waals surface area contributed by atoms with Crippen LogP contribution in [-0.2, 0) is 0 Å². The van der Waals surface area contributed by atoms with Gasteiger partial charge in [0.1, 0.15) is 0 Å². The van der Waals surface area contributed by atoms with Crippen LogP contribution >= 0.6 is 34.8 Å². The van der Waals surface area contributed by atoms with Crippen molar-refractivity contribution in [2.75, 3.05) is 18.4 Å². The number of aromatic nitrogens is 1. The molecule has 23 heavy (non-hydrogen) atoms. The van der Waals surface area contributed by atoms with Gasteiger partial charge in [-0.3, -0.25) is 19.7 Å². The molecule has 2 aromatic rings. The second-order valence-electron chi connectivity index (χ2n) is 4.77. The number of carbonyl (C=O) groups excluding carboxylic acids is 1. The van der Waals surface area contributed by atoms with Crippen LogP contribution in [0.25, 0.3) is 0 Å². The molecule has 5 nitrogen and oxygen atoms in total. The van der Waals surface area contributed by atoms with Crippen molar-refractivity contribution in [2.45, 2.75) is 0 Å². The summed E-state index contributed by atoms with van der Waals surface area (Å²) in [5, 5.41) is 4.16. The van der Waals surface area contributed by atoms with Gasteiger partial charge in [-0.2, -0.15) is 0 Å². The summed E-state index contributed by atoms with van der Waals surface area (Å²) in [4.78, 5) is 22.3. The van der Waals surface area contributed by atoms with Crippen molar-refractivity contribution in [3.63, 3.8) is 0 Å². The first-order valence-corrected chi connectivity index (χ1v) is 7.87. The summed E-state index contributed by atoms with van der Waals surface area (Å²) in [6, 6.07) is 6.55. The number of halogens is 3. The molecule has 0 fully saturated rings. The standard InChI is InChI=1S/C15H11Cl3N4O/c16-10-6-11(17)13(12(18)7-10)21-15-20-4-5-22(15)14(23)9-2-1-3-19-8-9/h1-3,6-8H,4-5H2,(H,20,21). The molecule has 1 aromatic heterocycles. The van der Waals surface area contributed by atoms with Gasteiger partial charge >= 0.3 is 0 Å². The molecule has 0 unspecified atom stereocenters. The third kappa shape index (κ3) is 3.42. The van der Waals surface area contributed by atoms with Gasteiger partial charge in [-0.1, -0.05) is 34.8 Å². The molecule has 1 amide bonds. The lowest BCUT2D eigenvalue weighted by Gasteiger charge is -2.20. The van der Waals surface area contributed by atoms with E-state index in [1.54, 1.807) is 30.5 Å². The zero-order valence-corrected chi connectivity index (χ0v) is 14.0. The Balaban J connectivity index is 1.85. The summed E-state index contributed by atoms with van der Waals surface area (Å²) in [6.07, 6.45) is 3.13. The van der Waals surface area contributed by atoms with Crippen LogP contribution < -0.4 is 5.32 Å². The molecule has 118 valence electrons. The molecular weight excluding hydrogens is 359 g/mol. The number of hydrogen-bond donors (Lipinski definition) is 1. The Bertz CT molecular complexity index is 757. The highest BCUT2D eigenvalue weighted by Crippen LogP contribution is 2.34. The Hall–Kier alpha value is -1.82. The lowest BCUT2D eigenvalue weighted by molar-refractivity contribution is 0.0857. The van der Waals surface area contributed by atoms with Crippen LogP contribution in [0.4, 0.5) is 5.69 Å². The summed E-state index contributed by atoms with van der Waals surface area (Å²) in [5.41, 5.74) is 0.944. The lowest BCUT2D eigenvalue weighted by Crippen LogP contribution is -2.38. The number of benzene rings is 1. The predicted molar refractivity (Wildman–Crippen MR) is 92.7 cm³/mol. The number of carbonyl (C=O) groups is 1. The van der Waals surface area contributed by atoms with E-state index in [0.717, 1.165) is 0 Å². The highest BCUT2D eigenvalue weighted by Gasteiger charge is 2.26. The number of aliphatic imine (C=N–C) groups is 1. The van der Waals surface area contributed by atoms with Crippen LogP contribution in [-0.4, -0.2) is 34.8 Å². The van der Waals surface area contributed by atoms with Crippen molar-refractivity contribution < 1.29 is 4.79 Å². The molecule has 1 aliphatic rings. The van der Waals surface area contributed by atoms with Crippen LogP contribution in [0, 0.1) is 0 Å². The third-order valence-corrected chi connectivity index (χ3v) is 4.05. The van der Waals surface area contributed by atoms with Crippen molar-refractivity contribution >= 4 is 52.4 Å². The lowest BCUT2D eigenvalue weighted by atomic mass is 10.2. The van der Waals surface area contributed by atoms with Crippen molar-refractivity contribution in [1.29, 1.82) is 0 Å².